The Morgan fingerprint density at radius 2 is 2.31 bits per heavy atom. The van der Waals surface area contributed by atoms with E-state index >= 15 is 0 Å². The molecule has 1 N–H and O–H groups in total. The summed E-state index contributed by atoms with van der Waals surface area (Å²) in [6, 6.07) is 2.02. The molecule has 1 aliphatic rings. The average molecular weight is 254 g/mol. The lowest BCUT2D eigenvalue weighted by Crippen LogP contribution is -2.30. The molecule has 0 saturated heterocycles. The standard InChI is InChI=1S/C11H12ClN3S/c12-8-3-7(4-8)5-13-11-10-9(1-2-16-10)14-6-15-11/h1-2,6-8H,3-5H2,(H,13,14,15). The van der Waals surface area contributed by atoms with Crippen LogP contribution in [0.25, 0.3) is 10.2 Å². The number of nitrogens with zero attached hydrogens (tertiary/aromatic N) is 2. The number of hydrogen-bond donors (Lipinski definition) is 1. The van der Waals surface area contributed by atoms with Crippen LogP contribution in [0.1, 0.15) is 12.8 Å². The molecule has 2 heterocycles. The van der Waals surface area contributed by atoms with E-state index in [1.807, 2.05) is 11.4 Å². The van der Waals surface area contributed by atoms with Crippen LogP contribution in [-0.4, -0.2) is 21.9 Å². The molecule has 0 aliphatic heterocycles. The summed E-state index contributed by atoms with van der Waals surface area (Å²) in [5, 5.41) is 5.83. The topological polar surface area (TPSA) is 37.8 Å². The lowest BCUT2D eigenvalue weighted by atomic mass is 9.85. The van der Waals surface area contributed by atoms with Crippen LogP contribution in [0, 0.1) is 5.92 Å². The van der Waals surface area contributed by atoms with Gasteiger partial charge in [-0.15, -0.1) is 22.9 Å². The van der Waals surface area contributed by atoms with Crippen molar-refractivity contribution in [2.75, 3.05) is 11.9 Å². The monoisotopic (exact) mass is 253 g/mol. The quantitative estimate of drug-likeness (QED) is 0.854. The van der Waals surface area contributed by atoms with Crippen molar-refractivity contribution in [2.24, 2.45) is 5.92 Å². The van der Waals surface area contributed by atoms with Crippen LogP contribution >= 0.6 is 22.9 Å². The van der Waals surface area contributed by atoms with E-state index in [1.165, 1.54) is 0 Å². The highest BCUT2D eigenvalue weighted by atomic mass is 35.5. The third kappa shape index (κ3) is 1.87. The molecular weight excluding hydrogens is 242 g/mol. The maximum absolute atomic E-state index is 5.95. The fourth-order valence-corrected chi connectivity index (χ4v) is 3.29. The normalized spacial score (nSPS) is 24.3. The first-order chi connectivity index (χ1) is 7.83. The molecule has 5 heteroatoms. The van der Waals surface area contributed by atoms with Gasteiger partial charge in [0.1, 0.15) is 12.1 Å². The average Bonchev–Trinajstić information content (AvgIpc) is 2.71. The van der Waals surface area contributed by atoms with Crippen LogP contribution < -0.4 is 5.32 Å². The van der Waals surface area contributed by atoms with Gasteiger partial charge in [-0.05, 0) is 30.2 Å². The van der Waals surface area contributed by atoms with Gasteiger partial charge in [0.25, 0.3) is 0 Å². The molecule has 2 aromatic rings. The van der Waals surface area contributed by atoms with E-state index in [0.717, 1.165) is 35.4 Å². The molecule has 0 spiro atoms. The van der Waals surface area contributed by atoms with Crippen LogP contribution in [0.2, 0.25) is 0 Å². The fraction of sp³-hybridized carbons (Fsp3) is 0.455. The van der Waals surface area contributed by atoms with Crippen LogP contribution in [0.5, 0.6) is 0 Å². The number of anilines is 1. The maximum atomic E-state index is 5.95. The first kappa shape index (κ1) is 10.3. The smallest absolute Gasteiger partial charge is 0.147 e. The molecule has 0 amide bonds. The summed E-state index contributed by atoms with van der Waals surface area (Å²) in [7, 11) is 0. The van der Waals surface area contributed by atoms with Crippen molar-refractivity contribution >= 4 is 39.0 Å². The fourth-order valence-electron chi connectivity index (χ4n) is 1.98. The summed E-state index contributed by atoms with van der Waals surface area (Å²) >= 11 is 7.63. The maximum Gasteiger partial charge on any atom is 0.147 e. The molecule has 1 aliphatic carbocycles. The highest BCUT2D eigenvalue weighted by molar-refractivity contribution is 7.17. The number of nitrogens with one attached hydrogen (secondary N) is 1. The largest absolute Gasteiger partial charge is 0.369 e. The number of aromatic nitrogens is 2. The van der Waals surface area contributed by atoms with Gasteiger partial charge in [-0.2, -0.15) is 0 Å². The third-order valence-corrected chi connectivity index (χ3v) is 4.25. The molecule has 0 bridgehead atoms. The van der Waals surface area contributed by atoms with Gasteiger partial charge in [0.15, 0.2) is 0 Å². The Bertz CT molecular complexity index is 493. The summed E-state index contributed by atoms with van der Waals surface area (Å²) in [4.78, 5) is 8.50. The van der Waals surface area contributed by atoms with Gasteiger partial charge >= 0.3 is 0 Å². The van der Waals surface area contributed by atoms with Crippen LogP contribution in [0.3, 0.4) is 0 Å². The lowest BCUT2D eigenvalue weighted by molar-refractivity contribution is 0.341. The molecule has 3 nitrogen and oxygen atoms in total. The highest BCUT2D eigenvalue weighted by Gasteiger charge is 2.26. The Balaban J connectivity index is 1.71. The minimum absolute atomic E-state index is 0.388. The molecule has 84 valence electrons. The van der Waals surface area contributed by atoms with Crippen LogP contribution in [-0.2, 0) is 0 Å². The van der Waals surface area contributed by atoms with E-state index in [2.05, 4.69) is 15.3 Å². The second-order valence-electron chi connectivity index (χ2n) is 4.17. The Hall–Kier alpha value is -0.870. The third-order valence-electron chi connectivity index (χ3n) is 2.98. The Morgan fingerprint density at radius 1 is 1.44 bits per heavy atom. The second-order valence-corrected chi connectivity index (χ2v) is 5.71. The summed E-state index contributed by atoms with van der Waals surface area (Å²) in [5.74, 6) is 1.66. The zero-order valence-corrected chi connectivity index (χ0v) is 10.3. The number of halogens is 1. The summed E-state index contributed by atoms with van der Waals surface area (Å²) in [5.41, 5.74) is 1.02. The number of alkyl halides is 1. The Kier molecular flexibility index (Phi) is 2.69. The molecular formula is C11H12ClN3S. The summed E-state index contributed by atoms with van der Waals surface area (Å²) < 4.78 is 1.14. The van der Waals surface area contributed by atoms with Crippen LogP contribution in [0.15, 0.2) is 17.8 Å². The van der Waals surface area contributed by atoms with Crippen molar-refractivity contribution in [2.45, 2.75) is 18.2 Å². The van der Waals surface area contributed by atoms with E-state index in [4.69, 9.17) is 11.6 Å². The molecule has 0 aromatic carbocycles. The van der Waals surface area contributed by atoms with E-state index in [0.29, 0.717) is 11.3 Å². The van der Waals surface area contributed by atoms with Crippen molar-refractivity contribution in [1.29, 1.82) is 0 Å². The van der Waals surface area contributed by atoms with Gasteiger partial charge in [-0.1, -0.05) is 0 Å². The van der Waals surface area contributed by atoms with Gasteiger partial charge in [-0.25, -0.2) is 9.97 Å². The Morgan fingerprint density at radius 3 is 3.12 bits per heavy atom. The SMILES string of the molecule is ClC1CC(CNc2ncnc3ccsc23)C1. The summed E-state index contributed by atoms with van der Waals surface area (Å²) in [6.45, 7) is 0.966. The minimum Gasteiger partial charge on any atom is -0.369 e. The molecule has 0 atom stereocenters. The molecule has 2 aromatic heterocycles. The predicted molar refractivity (Wildman–Crippen MR) is 68.3 cm³/mol. The number of fused-ring (bicyclic) bond motifs is 1. The molecule has 1 fully saturated rings. The van der Waals surface area contributed by atoms with Gasteiger partial charge in [-0.3, -0.25) is 0 Å². The first-order valence-corrected chi connectivity index (χ1v) is 6.70. The van der Waals surface area contributed by atoms with Gasteiger partial charge in [0.2, 0.25) is 0 Å². The molecule has 1 saturated carbocycles. The van der Waals surface area contributed by atoms with Crippen molar-refractivity contribution < 1.29 is 0 Å². The number of rotatable bonds is 3. The van der Waals surface area contributed by atoms with Crippen molar-refractivity contribution in [3.05, 3.63) is 17.8 Å². The van der Waals surface area contributed by atoms with Crippen molar-refractivity contribution in [1.82, 2.24) is 9.97 Å². The zero-order chi connectivity index (χ0) is 11.0. The van der Waals surface area contributed by atoms with E-state index < -0.39 is 0 Å². The first-order valence-electron chi connectivity index (χ1n) is 5.39. The van der Waals surface area contributed by atoms with E-state index in [9.17, 15) is 0 Å². The number of hydrogen-bond acceptors (Lipinski definition) is 4. The molecule has 16 heavy (non-hydrogen) atoms. The van der Waals surface area contributed by atoms with Gasteiger partial charge in [0.05, 0.1) is 10.2 Å². The van der Waals surface area contributed by atoms with E-state index in [-0.39, 0.29) is 0 Å². The Labute approximate surface area is 103 Å². The van der Waals surface area contributed by atoms with E-state index in [1.54, 1.807) is 17.7 Å². The van der Waals surface area contributed by atoms with Gasteiger partial charge < -0.3 is 5.32 Å². The molecule has 0 radical (unpaired) electrons. The minimum atomic E-state index is 0.388. The van der Waals surface area contributed by atoms with Crippen LogP contribution in [0.4, 0.5) is 5.82 Å². The molecule has 0 unspecified atom stereocenters. The zero-order valence-electron chi connectivity index (χ0n) is 8.69. The highest BCUT2D eigenvalue weighted by Crippen LogP contribution is 2.32. The predicted octanol–water partition coefficient (Wildman–Crippen LogP) is 3.12. The van der Waals surface area contributed by atoms with Crippen molar-refractivity contribution in [3.63, 3.8) is 0 Å². The lowest BCUT2D eigenvalue weighted by Gasteiger charge is -2.31. The molecule has 3 rings (SSSR count). The van der Waals surface area contributed by atoms with Crippen molar-refractivity contribution in [3.8, 4) is 0 Å². The second kappa shape index (κ2) is 4.18. The number of thiophene rings is 1. The summed E-state index contributed by atoms with van der Waals surface area (Å²) in [6.07, 6.45) is 3.85. The van der Waals surface area contributed by atoms with Gasteiger partial charge in [0, 0.05) is 11.9 Å².